The third-order valence-corrected chi connectivity index (χ3v) is 6.65. The van der Waals surface area contributed by atoms with E-state index in [1.807, 2.05) is 0 Å². The molecule has 1 N–H and O–H groups in total. The van der Waals surface area contributed by atoms with Gasteiger partial charge in [-0.2, -0.15) is 5.26 Å². The van der Waals surface area contributed by atoms with Crippen LogP contribution in [0.5, 0.6) is 0 Å². The zero-order chi connectivity index (χ0) is 18.2. The number of anilines is 1. The van der Waals surface area contributed by atoms with Crippen LogP contribution in [0.1, 0.15) is 39.7 Å². The molecule has 1 aliphatic carbocycles. The molecule has 3 rings (SSSR count). The second kappa shape index (κ2) is 6.62. The summed E-state index contributed by atoms with van der Waals surface area (Å²) in [5.41, 5.74) is 1.84. The minimum atomic E-state index is -3.38. The number of carbonyl (C=O) groups excluding carboxylic acids is 1. The minimum Gasteiger partial charge on any atom is -0.312 e. The molecule has 1 atom stereocenters. The molecule has 130 valence electrons. The zero-order valence-electron chi connectivity index (χ0n) is 14.0. The van der Waals surface area contributed by atoms with Crippen molar-refractivity contribution < 1.29 is 13.2 Å². The first-order chi connectivity index (χ1) is 11.8. The average Bonchev–Trinajstić information content (AvgIpc) is 2.90. The standard InChI is InChI=1S/C18H18N2O3S2/c1-11-6-7-14-15(10-19)18(24-16(14)8-11)20-17(21)12-4-3-5-13(9-12)25(2,22)23/h3-5,9,11H,6-8H2,1-2H3,(H,20,21)/t11-/m0/s1. The minimum absolute atomic E-state index is 0.0972. The molecule has 0 saturated heterocycles. The van der Waals surface area contributed by atoms with Gasteiger partial charge in [-0.15, -0.1) is 11.3 Å². The van der Waals surface area contributed by atoms with Crippen LogP contribution in [0.2, 0.25) is 0 Å². The van der Waals surface area contributed by atoms with E-state index in [9.17, 15) is 18.5 Å². The van der Waals surface area contributed by atoms with Gasteiger partial charge in [0.25, 0.3) is 5.91 Å². The molecule has 2 aromatic rings. The smallest absolute Gasteiger partial charge is 0.256 e. The van der Waals surface area contributed by atoms with E-state index in [1.165, 1.54) is 29.5 Å². The Morgan fingerprint density at radius 3 is 2.84 bits per heavy atom. The molecule has 1 aromatic carbocycles. The molecule has 7 heteroatoms. The van der Waals surface area contributed by atoms with Crippen LogP contribution >= 0.6 is 11.3 Å². The first-order valence-electron chi connectivity index (χ1n) is 7.95. The summed E-state index contributed by atoms with van der Waals surface area (Å²) < 4.78 is 23.3. The Hall–Kier alpha value is -2.17. The second-order valence-electron chi connectivity index (χ2n) is 6.42. The highest BCUT2D eigenvalue weighted by atomic mass is 32.2. The van der Waals surface area contributed by atoms with Crippen LogP contribution in [0, 0.1) is 17.2 Å². The normalized spacial score (nSPS) is 16.8. The summed E-state index contributed by atoms with van der Waals surface area (Å²) in [5.74, 6) is 0.168. The van der Waals surface area contributed by atoms with Gasteiger partial charge in [0.15, 0.2) is 9.84 Å². The Morgan fingerprint density at radius 2 is 2.16 bits per heavy atom. The van der Waals surface area contributed by atoms with Crippen molar-refractivity contribution in [1.82, 2.24) is 0 Å². The van der Waals surface area contributed by atoms with Gasteiger partial charge in [0, 0.05) is 16.7 Å². The highest BCUT2D eigenvalue weighted by Gasteiger charge is 2.25. The number of fused-ring (bicyclic) bond motifs is 1. The summed E-state index contributed by atoms with van der Waals surface area (Å²) >= 11 is 1.45. The van der Waals surface area contributed by atoms with Crippen molar-refractivity contribution in [2.75, 3.05) is 11.6 Å². The van der Waals surface area contributed by atoms with Crippen LogP contribution < -0.4 is 5.32 Å². The fourth-order valence-corrected chi connectivity index (χ4v) is 5.02. The third-order valence-electron chi connectivity index (χ3n) is 4.37. The van der Waals surface area contributed by atoms with E-state index >= 15 is 0 Å². The molecule has 1 amide bonds. The largest absolute Gasteiger partial charge is 0.312 e. The molecule has 0 bridgehead atoms. The summed E-state index contributed by atoms with van der Waals surface area (Å²) in [5, 5.41) is 12.8. The Labute approximate surface area is 151 Å². The highest BCUT2D eigenvalue weighted by molar-refractivity contribution is 7.90. The van der Waals surface area contributed by atoms with E-state index in [2.05, 4.69) is 18.3 Å². The lowest BCUT2D eigenvalue weighted by molar-refractivity contribution is 0.102. The maximum absolute atomic E-state index is 12.5. The lowest BCUT2D eigenvalue weighted by atomic mass is 9.88. The molecule has 1 aromatic heterocycles. The van der Waals surface area contributed by atoms with Crippen molar-refractivity contribution in [3.63, 3.8) is 0 Å². The number of nitriles is 1. The summed E-state index contributed by atoms with van der Waals surface area (Å²) in [4.78, 5) is 13.8. The van der Waals surface area contributed by atoms with Crippen LogP contribution in [-0.4, -0.2) is 20.6 Å². The van der Waals surface area contributed by atoms with Crippen molar-refractivity contribution in [2.45, 2.75) is 31.1 Å². The Bertz CT molecular complexity index is 984. The molecule has 0 unspecified atom stereocenters. The average molecular weight is 374 g/mol. The number of nitrogens with zero attached hydrogens (tertiary/aromatic N) is 1. The van der Waals surface area contributed by atoms with Crippen molar-refractivity contribution in [1.29, 1.82) is 5.26 Å². The van der Waals surface area contributed by atoms with Gasteiger partial charge in [0.05, 0.1) is 10.5 Å². The maximum Gasteiger partial charge on any atom is 0.256 e. The van der Waals surface area contributed by atoms with Crippen molar-refractivity contribution >= 4 is 32.1 Å². The Morgan fingerprint density at radius 1 is 1.40 bits per heavy atom. The molecule has 25 heavy (non-hydrogen) atoms. The van der Waals surface area contributed by atoms with Gasteiger partial charge in [-0.05, 0) is 48.9 Å². The van der Waals surface area contributed by atoms with Gasteiger partial charge in [0.2, 0.25) is 0 Å². The van der Waals surface area contributed by atoms with E-state index in [1.54, 1.807) is 6.07 Å². The molecule has 1 heterocycles. The predicted molar refractivity (Wildman–Crippen MR) is 97.7 cm³/mol. The summed E-state index contributed by atoms with van der Waals surface area (Å²) in [6, 6.07) is 8.12. The number of carbonyl (C=O) groups is 1. The number of thiophene rings is 1. The molecule has 0 radical (unpaired) electrons. The van der Waals surface area contributed by atoms with Crippen LogP contribution in [0.4, 0.5) is 5.00 Å². The van der Waals surface area contributed by atoms with E-state index in [0.717, 1.165) is 36.0 Å². The number of benzene rings is 1. The van der Waals surface area contributed by atoms with Crippen molar-refractivity contribution in [2.24, 2.45) is 5.92 Å². The van der Waals surface area contributed by atoms with Gasteiger partial charge in [-0.1, -0.05) is 13.0 Å². The number of amides is 1. The monoisotopic (exact) mass is 374 g/mol. The summed E-state index contributed by atoms with van der Waals surface area (Å²) in [6.45, 7) is 2.18. The third kappa shape index (κ3) is 3.60. The molecular formula is C18H18N2O3S2. The summed E-state index contributed by atoms with van der Waals surface area (Å²) in [6.07, 6.45) is 3.93. The fraction of sp³-hybridized carbons (Fsp3) is 0.333. The number of nitrogens with one attached hydrogen (secondary N) is 1. The number of sulfone groups is 1. The number of rotatable bonds is 3. The van der Waals surface area contributed by atoms with Gasteiger partial charge in [-0.25, -0.2) is 8.42 Å². The predicted octanol–water partition coefficient (Wildman–Crippen LogP) is 3.40. The molecule has 0 fully saturated rings. The second-order valence-corrected chi connectivity index (χ2v) is 9.54. The summed E-state index contributed by atoms with van der Waals surface area (Å²) in [7, 11) is -3.38. The van der Waals surface area contributed by atoms with Crippen LogP contribution in [0.15, 0.2) is 29.2 Å². The van der Waals surface area contributed by atoms with Crippen molar-refractivity contribution in [3.05, 3.63) is 45.8 Å². The van der Waals surface area contributed by atoms with Crippen LogP contribution in [-0.2, 0) is 22.7 Å². The first kappa shape index (κ1) is 17.6. The zero-order valence-corrected chi connectivity index (χ0v) is 15.6. The maximum atomic E-state index is 12.5. The SMILES string of the molecule is C[C@H]1CCc2c(sc(NC(=O)c3cccc(S(C)(=O)=O)c3)c2C#N)C1. The van der Waals surface area contributed by atoms with Crippen LogP contribution in [0.3, 0.4) is 0 Å². The van der Waals surface area contributed by atoms with Crippen molar-refractivity contribution in [3.8, 4) is 6.07 Å². The molecule has 5 nitrogen and oxygen atoms in total. The lowest BCUT2D eigenvalue weighted by Crippen LogP contribution is -2.13. The Balaban J connectivity index is 1.91. The van der Waals surface area contributed by atoms with Gasteiger partial charge >= 0.3 is 0 Å². The lowest BCUT2D eigenvalue weighted by Gasteiger charge is -2.17. The molecule has 0 spiro atoms. The molecule has 0 saturated carbocycles. The number of hydrogen-bond donors (Lipinski definition) is 1. The Kier molecular flexibility index (Phi) is 4.67. The van der Waals surface area contributed by atoms with E-state index in [-0.39, 0.29) is 10.5 Å². The molecule has 0 aliphatic heterocycles. The van der Waals surface area contributed by atoms with Gasteiger partial charge in [-0.3, -0.25) is 4.79 Å². The quantitative estimate of drug-likeness (QED) is 0.892. The van der Waals surface area contributed by atoms with Gasteiger partial charge < -0.3 is 5.32 Å². The van der Waals surface area contributed by atoms with E-state index in [0.29, 0.717) is 16.5 Å². The molecule has 1 aliphatic rings. The van der Waals surface area contributed by atoms with Gasteiger partial charge in [0.1, 0.15) is 11.1 Å². The topological polar surface area (TPSA) is 87.0 Å². The van der Waals surface area contributed by atoms with E-state index in [4.69, 9.17) is 0 Å². The first-order valence-corrected chi connectivity index (χ1v) is 10.7. The van der Waals surface area contributed by atoms with E-state index < -0.39 is 15.7 Å². The fourth-order valence-electron chi connectivity index (χ4n) is 3.00. The molecular weight excluding hydrogens is 356 g/mol. The number of hydrogen-bond acceptors (Lipinski definition) is 5. The highest BCUT2D eigenvalue weighted by Crippen LogP contribution is 2.39. The van der Waals surface area contributed by atoms with Crippen LogP contribution in [0.25, 0.3) is 0 Å².